The summed E-state index contributed by atoms with van der Waals surface area (Å²) in [4.78, 5) is 34.7. The van der Waals surface area contributed by atoms with E-state index in [2.05, 4.69) is 16.9 Å². The highest BCUT2D eigenvalue weighted by Crippen LogP contribution is 2.37. The van der Waals surface area contributed by atoms with Gasteiger partial charge in [-0.05, 0) is 35.4 Å². The molecule has 1 amide bonds. The molecule has 0 saturated heterocycles. The molecule has 0 radical (unpaired) electrons. The highest BCUT2D eigenvalue weighted by Gasteiger charge is 2.44. The standard InChI is InChI=1S/C23H25N5O2S/c1-3-4-5-8-15-31-23-25-21(30)20-18-9-6-7-10-19(18)27(16(2)29)22(28(20)26-23)17-11-13-24-14-12-17/h6-7,9-14,22H,3-5,8,15H2,1-2H3/p+1/t22-/m0/s1. The van der Waals surface area contributed by atoms with E-state index in [1.54, 1.807) is 33.7 Å². The lowest BCUT2D eigenvalue weighted by Crippen LogP contribution is -2.60. The highest BCUT2D eigenvalue weighted by molar-refractivity contribution is 7.99. The summed E-state index contributed by atoms with van der Waals surface area (Å²) in [6, 6.07) is 11.2. The number of para-hydroxylation sites is 1. The van der Waals surface area contributed by atoms with Crippen molar-refractivity contribution in [1.82, 2.24) is 15.1 Å². The van der Waals surface area contributed by atoms with Gasteiger partial charge in [-0.15, -0.1) is 0 Å². The van der Waals surface area contributed by atoms with E-state index < -0.39 is 6.17 Å². The Labute approximate surface area is 185 Å². The molecule has 1 aliphatic rings. The van der Waals surface area contributed by atoms with Gasteiger partial charge in [0, 0.05) is 35.7 Å². The first-order valence-corrected chi connectivity index (χ1v) is 11.6. The maximum Gasteiger partial charge on any atom is 0.325 e. The Morgan fingerprint density at radius 1 is 1.16 bits per heavy atom. The van der Waals surface area contributed by atoms with Gasteiger partial charge >= 0.3 is 11.3 Å². The molecule has 0 spiro atoms. The van der Waals surface area contributed by atoms with Gasteiger partial charge in [-0.2, -0.15) is 0 Å². The number of aromatic nitrogens is 4. The van der Waals surface area contributed by atoms with Gasteiger partial charge in [0.15, 0.2) is 0 Å². The molecule has 0 fully saturated rings. The summed E-state index contributed by atoms with van der Waals surface area (Å²) < 4.78 is 1.69. The first-order valence-electron chi connectivity index (χ1n) is 10.6. The van der Waals surface area contributed by atoms with Crippen LogP contribution in [0.1, 0.15) is 51.3 Å². The fourth-order valence-electron chi connectivity index (χ4n) is 3.91. The van der Waals surface area contributed by atoms with Crippen LogP contribution in [-0.4, -0.2) is 26.7 Å². The van der Waals surface area contributed by atoms with Crippen molar-refractivity contribution >= 4 is 23.4 Å². The third-order valence-corrected chi connectivity index (χ3v) is 6.29. The summed E-state index contributed by atoms with van der Waals surface area (Å²) in [5, 5.41) is 5.35. The number of amides is 1. The molecule has 4 rings (SSSR count). The van der Waals surface area contributed by atoms with E-state index >= 15 is 0 Å². The number of fused-ring (bicyclic) bond motifs is 3. The van der Waals surface area contributed by atoms with Gasteiger partial charge in [-0.1, -0.05) is 50.1 Å². The van der Waals surface area contributed by atoms with E-state index in [0.29, 0.717) is 22.1 Å². The predicted octanol–water partition coefficient (Wildman–Crippen LogP) is 3.71. The van der Waals surface area contributed by atoms with Crippen molar-refractivity contribution in [3.63, 3.8) is 0 Å². The number of unbranched alkanes of at least 4 members (excludes halogenated alkanes) is 3. The Morgan fingerprint density at radius 3 is 2.68 bits per heavy atom. The van der Waals surface area contributed by atoms with E-state index in [-0.39, 0.29) is 11.5 Å². The number of nitrogens with zero attached hydrogens (tertiary/aromatic N) is 4. The zero-order valence-electron chi connectivity index (χ0n) is 17.7. The van der Waals surface area contributed by atoms with Crippen molar-refractivity contribution in [2.24, 2.45) is 0 Å². The number of carbonyl (C=O) groups is 1. The minimum Gasteiger partial charge on any atom is -0.291 e. The van der Waals surface area contributed by atoms with Crippen molar-refractivity contribution in [2.75, 3.05) is 10.7 Å². The first kappa shape index (κ1) is 21.2. The van der Waals surface area contributed by atoms with Crippen LogP contribution in [0.5, 0.6) is 0 Å². The van der Waals surface area contributed by atoms with E-state index in [0.717, 1.165) is 24.2 Å². The van der Waals surface area contributed by atoms with E-state index in [4.69, 9.17) is 5.10 Å². The van der Waals surface area contributed by atoms with Crippen molar-refractivity contribution in [2.45, 2.75) is 50.9 Å². The van der Waals surface area contributed by atoms with Crippen LogP contribution in [0.2, 0.25) is 0 Å². The molecule has 0 unspecified atom stereocenters. The molecule has 1 aromatic carbocycles. The summed E-state index contributed by atoms with van der Waals surface area (Å²) in [6.07, 6.45) is 7.43. The first-order chi connectivity index (χ1) is 15.1. The van der Waals surface area contributed by atoms with Gasteiger partial charge < -0.3 is 0 Å². The average Bonchev–Trinajstić information content (AvgIpc) is 2.78. The molecule has 8 heteroatoms. The number of pyridine rings is 1. The summed E-state index contributed by atoms with van der Waals surface area (Å²) in [7, 11) is 0. The quantitative estimate of drug-likeness (QED) is 0.347. The number of anilines is 1. The number of hydrogen-bond acceptors (Lipinski definition) is 5. The van der Waals surface area contributed by atoms with Gasteiger partial charge in [0.1, 0.15) is 0 Å². The topological polar surface area (TPSA) is 82.8 Å². The number of benzene rings is 1. The molecule has 31 heavy (non-hydrogen) atoms. The molecule has 0 bridgehead atoms. The van der Waals surface area contributed by atoms with Crippen LogP contribution in [0.15, 0.2) is 58.7 Å². The lowest BCUT2D eigenvalue weighted by molar-refractivity contribution is -0.763. The van der Waals surface area contributed by atoms with E-state index in [1.807, 2.05) is 36.4 Å². The summed E-state index contributed by atoms with van der Waals surface area (Å²) in [6.45, 7) is 3.72. The zero-order valence-corrected chi connectivity index (χ0v) is 18.6. The Kier molecular flexibility index (Phi) is 6.46. The van der Waals surface area contributed by atoms with E-state index in [1.165, 1.54) is 19.8 Å². The van der Waals surface area contributed by atoms with Crippen LogP contribution in [0, 0.1) is 0 Å². The fraction of sp³-hybridized carbons (Fsp3) is 0.348. The Morgan fingerprint density at radius 2 is 1.94 bits per heavy atom. The molecule has 0 saturated carbocycles. The number of rotatable bonds is 7. The van der Waals surface area contributed by atoms with Crippen LogP contribution in [-0.2, 0) is 4.79 Å². The number of H-pyrrole nitrogens is 1. The molecule has 160 valence electrons. The monoisotopic (exact) mass is 436 g/mol. The third kappa shape index (κ3) is 4.25. The molecule has 1 N–H and O–H groups in total. The molecule has 0 aliphatic carbocycles. The van der Waals surface area contributed by atoms with Crippen molar-refractivity contribution in [3.8, 4) is 11.3 Å². The third-order valence-electron chi connectivity index (χ3n) is 5.34. The number of thioether (sulfide) groups is 1. The molecule has 1 aliphatic heterocycles. The van der Waals surface area contributed by atoms with Crippen LogP contribution in [0.25, 0.3) is 11.3 Å². The number of hydrogen-bond donors (Lipinski definition) is 1. The molecular formula is C23H26N5O2S+. The molecular weight excluding hydrogens is 410 g/mol. The van der Waals surface area contributed by atoms with E-state index in [9.17, 15) is 9.59 Å². The molecule has 2 aromatic heterocycles. The summed E-state index contributed by atoms with van der Waals surface area (Å²) >= 11 is 1.54. The van der Waals surface area contributed by atoms with Crippen LogP contribution < -0.4 is 15.1 Å². The number of carbonyl (C=O) groups excluding carboxylic acids is 1. The fourth-order valence-corrected chi connectivity index (χ4v) is 4.76. The van der Waals surface area contributed by atoms with Crippen LogP contribution in [0.3, 0.4) is 0 Å². The largest absolute Gasteiger partial charge is 0.325 e. The molecule has 3 aromatic rings. The van der Waals surface area contributed by atoms with Gasteiger partial charge in [0.25, 0.3) is 6.17 Å². The minimum atomic E-state index is -0.563. The summed E-state index contributed by atoms with van der Waals surface area (Å²) in [5.41, 5.74) is 2.47. The van der Waals surface area contributed by atoms with Gasteiger partial charge in [0.05, 0.1) is 11.3 Å². The van der Waals surface area contributed by atoms with Crippen molar-refractivity contribution in [3.05, 3.63) is 64.7 Å². The van der Waals surface area contributed by atoms with Crippen LogP contribution >= 0.6 is 11.8 Å². The predicted molar refractivity (Wildman–Crippen MR) is 121 cm³/mol. The smallest absolute Gasteiger partial charge is 0.291 e. The van der Waals surface area contributed by atoms with Crippen molar-refractivity contribution in [1.29, 1.82) is 0 Å². The number of aromatic amines is 1. The maximum absolute atomic E-state index is 13.2. The molecule has 3 heterocycles. The Hall–Kier alpha value is -3.00. The normalized spacial score (nSPS) is 14.8. The Balaban J connectivity index is 1.83. The number of nitrogens with one attached hydrogen (secondary N) is 1. The second kappa shape index (κ2) is 9.43. The minimum absolute atomic E-state index is 0.122. The SMILES string of the molecule is CCCCCCSc1n[n+]2c(c(=O)[nH]1)-c1ccccc1N(C(C)=O)[C@@H]2c1ccncc1. The van der Waals surface area contributed by atoms with Crippen molar-refractivity contribution < 1.29 is 9.48 Å². The second-order valence-corrected chi connectivity index (χ2v) is 8.61. The molecule has 7 nitrogen and oxygen atoms in total. The highest BCUT2D eigenvalue weighted by atomic mass is 32.2. The average molecular weight is 437 g/mol. The zero-order chi connectivity index (χ0) is 21.8. The van der Waals surface area contributed by atoms with Crippen LogP contribution in [0.4, 0.5) is 5.69 Å². The lowest BCUT2D eigenvalue weighted by Gasteiger charge is -2.31. The molecule has 1 atom stereocenters. The second-order valence-electron chi connectivity index (χ2n) is 7.52. The van der Waals surface area contributed by atoms with Gasteiger partial charge in [0.2, 0.25) is 11.1 Å². The summed E-state index contributed by atoms with van der Waals surface area (Å²) in [5.74, 6) is 0.762. The van der Waals surface area contributed by atoms with Gasteiger partial charge in [-0.25, -0.2) is 4.90 Å². The van der Waals surface area contributed by atoms with Gasteiger partial charge in [-0.3, -0.25) is 19.6 Å². The lowest BCUT2D eigenvalue weighted by atomic mass is 10.0. The Bertz CT molecular complexity index is 1130. The maximum atomic E-state index is 13.2.